The van der Waals surface area contributed by atoms with Crippen molar-refractivity contribution in [2.45, 2.75) is 33.8 Å². The van der Waals surface area contributed by atoms with E-state index >= 15 is 0 Å². The zero-order valence-electron chi connectivity index (χ0n) is 17.6. The first kappa shape index (κ1) is 21.1. The number of hydrogen-bond donors (Lipinski definition) is 1. The molecule has 1 aliphatic rings. The van der Waals surface area contributed by atoms with Gasteiger partial charge in [-0.1, -0.05) is 18.2 Å². The fourth-order valence-corrected chi connectivity index (χ4v) is 3.08. The molecule has 1 heterocycles. The monoisotopic (exact) mass is 408 g/mol. The third-order valence-corrected chi connectivity index (χ3v) is 4.73. The molecule has 30 heavy (non-hydrogen) atoms. The number of methoxy groups -OCH3 is 1. The van der Waals surface area contributed by atoms with Crippen LogP contribution >= 0.6 is 0 Å². The van der Waals surface area contributed by atoms with Crippen LogP contribution in [0.1, 0.15) is 30.5 Å². The van der Waals surface area contributed by atoms with E-state index in [0.29, 0.717) is 22.7 Å². The van der Waals surface area contributed by atoms with Crippen LogP contribution in [-0.4, -0.2) is 31.1 Å². The fraction of sp³-hybridized carbons (Fsp3) is 0.261. The molecule has 0 saturated carbocycles. The summed E-state index contributed by atoms with van der Waals surface area (Å²) in [5.41, 5.74) is 2.67. The Morgan fingerprint density at radius 2 is 1.77 bits per heavy atom. The molecule has 0 unspecified atom stereocenters. The molecule has 1 aliphatic heterocycles. The second-order valence-electron chi connectivity index (χ2n) is 7.27. The van der Waals surface area contributed by atoms with Gasteiger partial charge in [0.1, 0.15) is 5.57 Å². The van der Waals surface area contributed by atoms with Gasteiger partial charge >= 0.3 is 6.03 Å². The number of urea groups is 1. The minimum atomic E-state index is -0.783. The maximum atomic E-state index is 13.1. The Morgan fingerprint density at radius 1 is 1.03 bits per heavy atom. The van der Waals surface area contributed by atoms with Gasteiger partial charge in [-0.3, -0.25) is 14.9 Å². The van der Waals surface area contributed by atoms with Gasteiger partial charge < -0.3 is 9.47 Å². The van der Waals surface area contributed by atoms with E-state index in [1.807, 2.05) is 33.8 Å². The Morgan fingerprint density at radius 3 is 2.40 bits per heavy atom. The van der Waals surface area contributed by atoms with E-state index < -0.39 is 17.8 Å². The summed E-state index contributed by atoms with van der Waals surface area (Å²) in [4.78, 5) is 39.0. The largest absolute Gasteiger partial charge is 0.493 e. The molecule has 0 aliphatic carbocycles. The van der Waals surface area contributed by atoms with Gasteiger partial charge in [0.15, 0.2) is 11.5 Å². The van der Waals surface area contributed by atoms with Crippen molar-refractivity contribution in [1.82, 2.24) is 5.32 Å². The Kier molecular flexibility index (Phi) is 5.91. The molecule has 156 valence electrons. The number of rotatable bonds is 5. The summed E-state index contributed by atoms with van der Waals surface area (Å²) < 4.78 is 11.2. The van der Waals surface area contributed by atoms with Crippen LogP contribution < -0.4 is 19.7 Å². The van der Waals surface area contributed by atoms with Crippen LogP contribution in [-0.2, 0) is 9.59 Å². The van der Waals surface area contributed by atoms with Gasteiger partial charge in [-0.2, -0.15) is 0 Å². The van der Waals surface area contributed by atoms with E-state index in [-0.39, 0.29) is 11.7 Å². The predicted molar refractivity (Wildman–Crippen MR) is 114 cm³/mol. The molecule has 1 saturated heterocycles. The highest BCUT2D eigenvalue weighted by molar-refractivity contribution is 6.39. The van der Waals surface area contributed by atoms with Crippen molar-refractivity contribution < 1.29 is 23.9 Å². The lowest BCUT2D eigenvalue weighted by Gasteiger charge is -2.27. The first-order chi connectivity index (χ1) is 14.2. The Bertz CT molecular complexity index is 1060. The van der Waals surface area contributed by atoms with E-state index in [4.69, 9.17) is 9.47 Å². The van der Waals surface area contributed by atoms with Gasteiger partial charge in [-0.25, -0.2) is 9.69 Å². The highest BCUT2D eigenvalue weighted by Crippen LogP contribution is 2.34. The van der Waals surface area contributed by atoms with Gasteiger partial charge in [0.2, 0.25) is 0 Å². The number of benzene rings is 2. The summed E-state index contributed by atoms with van der Waals surface area (Å²) in [5.74, 6) is -0.574. The molecule has 7 heteroatoms. The lowest BCUT2D eigenvalue weighted by molar-refractivity contribution is -0.122. The number of anilines is 1. The van der Waals surface area contributed by atoms with E-state index in [1.54, 1.807) is 30.3 Å². The number of para-hydroxylation sites is 1. The van der Waals surface area contributed by atoms with Gasteiger partial charge in [0, 0.05) is 5.56 Å². The minimum Gasteiger partial charge on any atom is -0.493 e. The Balaban J connectivity index is 2.08. The minimum absolute atomic E-state index is 0.150. The Labute approximate surface area is 175 Å². The average Bonchev–Trinajstić information content (AvgIpc) is 2.68. The smallest absolute Gasteiger partial charge is 0.335 e. The van der Waals surface area contributed by atoms with Crippen molar-refractivity contribution in [3.63, 3.8) is 0 Å². The first-order valence-corrected chi connectivity index (χ1v) is 9.55. The molecule has 1 N–H and O–H groups in total. The number of ether oxygens (including phenoxy) is 2. The lowest BCUT2D eigenvalue weighted by atomic mass is 10.0. The zero-order chi connectivity index (χ0) is 22.0. The summed E-state index contributed by atoms with van der Waals surface area (Å²) in [5, 5.41) is 2.24. The highest BCUT2D eigenvalue weighted by atomic mass is 16.5. The van der Waals surface area contributed by atoms with Crippen molar-refractivity contribution in [3.8, 4) is 11.5 Å². The predicted octanol–water partition coefficient (Wildman–Crippen LogP) is 3.77. The number of nitrogens with zero attached hydrogens (tertiary/aromatic N) is 1. The molecular formula is C23H24N2O5. The van der Waals surface area contributed by atoms with Crippen molar-refractivity contribution in [3.05, 3.63) is 58.7 Å². The number of aryl methyl sites for hydroxylation is 2. The lowest BCUT2D eigenvalue weighted by Crippen LogP contribution is -2.54. The molecule has 7 nitrogen and oxygen atoms in total. The number of carbonyl (C=O) groups excluding carboxylic acids is 3. The molecule has 3 rings (SSSR count). The summed E-state index contributed by atoms with van der Waals surface area (Å²) in [6.07, 6.45) is 1.27. The number of imide groups is 2. The molecule has 2 aromatic rings. The van der Waals surface area contributed by atoms with Crippen molar-refractivity contribution in [2.75, 3.05) is 12.0 Å². The van der Waals surface area contributed by atoms with E-state index in [0.717, 1.165) is 16.0 Å². The molecule has 0 bridgehead atoms. The maximum absolute atomic E-state index is 13.1. The standard InChI is InChI=1S/C23H24N2O5/c1-13(2)30-20-16(7-6-8-19(20)29-5)12-18-21(26)24-23(28)25(22(18)27)17-10-9-14(3)15(4)11-17/h6-13H,1-5H3,(H,24,26,28)/b18-12+. The van der Waals surface area contributed by atoms with Crippen LogP contribution in [0.2, 0.25) is 0 Å². The van der Waals surface area contributed by atoms with Crippen LogP contribution in [0.4, 0.5) is 10.5 Å². The molecule has 4 amide bonds. The fourth-order valence-electron chi connectivity index (χ4n) is 3.08. The molecule has 0 atom stereocenters. The number of carbonyl (C=O) groups is 3. The highest BCUT2D eigenvalue weighted by Gasteiger charge is 2.37. The van der Waals surface area contributed by atoms with Crippen LogP contribution in [0.5, 0.6) is 11.5 Å². The number of amides is 4. The summed E-state index contributed by atoms with van der Waals surface area (Å²) >= 11 is 0. The second kappa shape index (κ2) is 8.41. The third kappa shape index (κ3) is 4.05. The number of nitrogens with one attached hydrogen (secondary N) is 1. The average molecular weight is 408 g/mol. The molecule has 0 aromatic heterocycles. The Hall–Kier alpha value is -3.61. The number of barbiturate groups is 1. The molecular weight excluding hydrogens is 384 g/mol. The van der Waals surface area contributed by atoms with Crippen LogP contribution in [0.25, 0.3) is 6.08 Å². The summed E-state index contributed by atoms with van der Waals surface area (Å²) in [6.45, 7) is 7.55. The number of hydrogen-bond acceptors (Lipinski definition) is 5. The van der Waals surface area contributed by atoms with Crippen LogP contribution in [0.3, 0.4) is 0 Å². The molecule has 1 fully saturated rings. The maximum Gasteiger partial charge on any atom is 0.335 e. The van der Waals surface area contributed by atoms with Crippen molar-refractivity contribution in [2.24, 2.45) is 0 Å². The van der Waals surface area contributed by atoms with Crippen molar-refractivity contribution >= 4 is 29.6 Å². The van der Waals surface area contributed by atoms with Crippen molar-refractivity contribution in [1.29, 1.82) is 0 Å². The SMILES string of the molecule is COc1cccc(/C=C2\C(=O)NC(=O)N(c3ccc(C)c(C)c3)C2=O)c1OC(C)C. The van der Waals surface area contributed by atoms with Gasteiger partial charge in [-0.15, -0.1) is 0 Å². The van der Waals surface area contributed by atoms with E-state index in [9.17, 15) is 14.4 Å². The molecule has 0 radical (unpaired) electrons. The normalized spacial score (nSPS) is 15.6. The third-order valence-electron chi connectivity index (χ3n) is 4.73. The molecule has 0 spiro atoms. The van der Waals surface area contributed by atoms with E-state index in [2.05, 4.69) is 5.32 Å². The summed E-state index contributed by atoms with van der Waals surface area (Å²) in [7, 11) is 1.51. The van der Waals surface area contributed by atoms with Gasteiger partial charge in [0.05, 0.1) is 18.9 Å². The van der Waals surface area contributed by atoms with E-state index in [1.165, 1.54) is 13.2 Å². The van der Waals surface area contributed by atoms with Gasteiger partial charge in [0.25, 0.3) is 11.8 Å². The van der Waals surface area contributed by atoms with Crippen LogP contribution in [0, 0.1) is 13.8 Å². The zero-order valence-corrected chi connectivity index (χ0v) is 17.6. The molecule has 2 aromatic carbocycles. The van der Waals surface area contributed by atoms with Gasteiger partial charge in [-0.05, 0) is 63.1 Å². The van der Waals surface area contributed by atoms with Crippen LogP contribution in [0.15, 0.2) is 42.0 Å². The second-order valence-corrected chi connectivity index (χ2v) is 7.27. The first-order valence-electron chi connectivity index (χ1n) is 9.55. The quantitative estimate of drug-likeness (QED) is 0.601. The summed E-state index contributed by atoms with van der Waals surface area (Å²) in [6, 6.07) is 9.62. The topological polar surface area (TPSA) is 84.9 Å².